The van der Waals surface area contributed by atoms with E-state index < -0.39 is 5.91 Å². The van der Waals surface area contributed by atoms with E-state index in [0.717, 1.165) is 56.9 Å². The average molecular weight is 339 g/mol. The molecule has 1 aromatic rings. The first-order chi connectivity index (χ1) is 11.1. The summed E-state index contributed by atoms with van der Waals surface area (Å²) in [4.78, 5) is 17.7. The highest BCUT2D eigenvalue weighted by atomic mass is 32.1. The van der Waals surface area contributed by atoms with E-state index in [1.54, 1.807) is 5.38 Å². The first-order valence-corrected chi connectivity index (χ1v) is 9.23. The molecule has 0 aromatic carbocycles. The van der Waals surface area contributed by atoms with Crippen LogP contribution < -0.4 is 10.6 Å². The van der Waals surface area contributed by atoms with E-state index >= 15 is 0 Å². The molecule has 2 aliphatic heterocycles. The predicted molar refractivity (Wildman–Crippen MR) is 89.8 cm³/mol. The molecule has 2 saturated heterocycles. The molecule has 2 fully saturated rings. The zero-order valence-corrected chi connectivity index (χ0v) is 14.2. The Hall–Kier alpha value is -1.18. The molecule has 3 N–H and O–H groups in total. The van der Waals surface area contributed by atoms with Crippen LogP contribution in [0, 0.1) is 5.41 Å². The first-order valence-electron chi connectivity index (χ1n) is 8.35. The van der Waals surface area contributed by atoms with E-state index in [9.17, 15) is 9.90 Å². The zero-order chi connectivity index (χ0) is 16.3. The van der Waals surface area contributed by atoms with E-state index in [0.29, 0.717) is 11.8 Å². The Balaban J connectivity index is 1.59. The van der Waals surface area contributed by atoms with Gasteiger partial charge in [0.15, 0.2) is 5.13 Å². The lowest BCUT2D eigenvalue weighted by atomic mass is 9.74. The summed E-state index contributed by atoms with van der Waals surface area (Å²) in [5.74, 6) is -0.483. The van der Waals surface area contributed by atoms with Gasteiger partial charge in [0.2, 0.25) is 0 Å². The largest absolute Gasteiger partial charge is 0.396 e. The third kappa shape index (κ3) is 3.84. The minimum absolute atomic E-state index is 0.0394. The second kappa shape index (κ2) is 7.15. The average Bonchev–Trinajstić information content (AvgIpc) is 3.07. The van der Waals surface area contributed by atoms with Gasteiger partial charge in [-0.3, -0.25) is 4.79 Å². The molecular formula is C16H25N3O3S. The lowest BCUT2D eigenvalue weighted by Gasteiger charge is -2.43. The Bertz CT molecular complexity index is 534. The van der Waals surface area contributed by atoms with Gasteiger partial charge in [-0.05, 0) is 43.9 Å². The number of thiazole rings is 1. The molecule has 0 radical (unpaired) electrons. The maximum atomic E-state index is 11.2. The van der Waals surface area contributed by atoms with Crippen LogP contribution in [-0.2, 0) is 4.74 Å². The monoisotopic (exact) mass is 339 g/mol. The molecule has 128 valence electrons. The lowest BCUT2D eigenvalue weighted by Crippen LogP contribution is -2.44. The van der Waals surface area contributed by atoms with Gasteiger partial charge in [-0.25, -0.2) is 4.98 Å². The van der Waals surface area contributed by atoms with Crippen LogP contribution in [0.5, 0.6) is 0 Å². The number of carbonyl (C=O) groups is 1. The normalized spacial score (nSPS) is 24.6. The van der Waals surface area contributed by atoms with Crippen molar-refractivity contribution in [1.29, 1.82) is 0 Å². The quantitative estimate of drug-likeness (QED) is 0.853. The minimum atomic E-state index is -0.483. The molecule has 0 spiro atoms. The van der Waals surface area contributed by atoms with Gasteiger partial charge in [0.05, 0.1) is 6.10 Å². The summed E-state index contributed by atoms with van der Waals surface area (Å²) in [5.41, 5.74) is 5.56. The maximum absolute atomic E-state index is 11.2. The van der Waals surface area contributed by atoms with Crippen LogP contribution >= 0.6 is 11.3 Å². The number of primary amides is 1. The third-order valence-electron chi connectivity index (χ3n) is 5.11. The molecule has 7 heteroatoms. The van der Waals surface area contributed by atoms with Crippen LogP contribution in [0.2, 0.25) is 0 Å². The van der Waals surface area contributed by atoms with E-state index in [2.05, 4.69) is 9.88 Å². The molecule has 23 heavy (non-hydrogen) atoms. The molecule has 0 bridgehead atoms. The molecule has 6 nitrogen and oxygen atoms in total. The fraction of sp³-hybridized carbons (Fsp3) is 0.750. The van der Waals surface area contributed by atoms with Gasteiger partial charge in [0.1, 0.15) is 5.69 Å². The Kier molecular flexibility index (Phi) is 5.18. The van der Waals surface area contributed by atoms with Gasteiger partial charge in [-0.15, -0.1) is 11.3 Å². The number of nitrogens with two attached hydrogens (primary N) is 1. The summed E-state index contributed by atoms with van der Waals surface area (Å²) >= 11 is 1.45. The van der Waals surface area contributed by atoms with Gasteiger partial charge in [0.25, 0.3) is 5.91 Å². The van der Waals surface area contributed by atoms with Crippen LogP contribution in [0.3, 0.4) is 0 Å². The number of amides is 1. The fourth-order valence-electron chi connectivity index (χ4n) is 3.57. The number of hydrogen-bond donors (Lipinski definition) is 2. The molecule has 1 amide bonds. The van der Waals surface area contributed by atoms with E-state index in [-0.39, 0.29) is 12.0 Å². The number of hydrogen-bond acceptors (Lipinski definition) is 6. The molecular weight excluding hydrogens is 314 g/mol. The van der Waals surface area contributed by atoms with Crippen molar-refractivity contribution in [2.24, 2.45) is 11.1 Å². The number of piperidine rings is 1. The van der Waals surface area contributed by atoms with Crippen molar-refractivity contribution in [3.8, 4) is 0 Å². The second-order valence-corrected chi connectivity index (χ2v) is 7.55. The number of carbonyl (C=O) groups excluding carboxylic acids is 1. The number of aliphatic hydroxyl groups is 1. The van der Waals surface area contributed by atoms with Crippen LogP contribution in [0.4, 0.5) is 5.13 Å². The molecule has 3 heterocycles. The number of rotatable bonds is 5. The molecule has 2 aliphatic rings. The highest BCUT2D eigenvalue weighted by Crippen LogP contribution is 2.39. The number of nitrogens with zero attached hydrogens (tertiary/aromatic N) is 2. The maximum Gasteiger partial charge on any atom is 0.268 e. The van der Waals surface area contributed by atoms with Crippen molar-refractivity contribution >= 4 is 22.4 Å². The summed E-state index contributed by atoms with van der Waals surface area (Å²) in [6.07, 6.45) is 6.59. The van der Waals surface area contributed by atoms with Gasteiger partial charge < -0.3 is 20.5 Å². The number of anilines is 1. The lowest BCUT2D eigenvalue weighted by molar-refractivity contribution is -0.0355. The van der Waals surface area contributed by atoms with E-state index in [1.165, 1.54) is 17.8 Å². The van der Waals surface area contributed by atoms with Gasteiger partial charge in [-0.1, -0.05) is 0 Å². The van der Waals surface area contributed by atoms with Crippen molar-refractivity contribution in [1.82, 2.24) is 4.98 Å². The summed E-state index contributed by atoms with van der Waals surface area (Å²) in [6, 6.07) is 0. The Morgan fingerprint density at radius 2 is 2.26 bits per heavy atom. The second-order valence-electron chi connectivity index (χ2n) is 6.72. The standard InChI is InChI=1S/C16H25N3O3S/c17-14(21)13-10-23-15(18-13)19-6-4-16(11-20,5-7-19)9-12-3-1-2-8-22-12/h10,12,20H,1-9,11H2,(H2,17,21)/t12-/m0/s1. The predicted octanol–water partition coefficient (Wildman–Crippen LogP) is 1.78. The number of aromatic nitrogens is 1. The third-order valence-corrected chi connectivity index (χ3v) is 6.01. The van der Waals surface area contributed by atoms with Crippen molar-refractivity contribution < 1.29 is 14.6 Å². The number of aliphatic hydroxyl groups excluding tert-OH is 1. The summed E-state index contributed by atoms with van der Waals surface area (Å²) in [5, 5.41) is 12.5. The molecule has 0 aliphatic carbocycles. The Morgan fingerprint density at radius 1 is 1.48 bits per heavy atom. The molecule has 0 unspecified atom stereocenters. The van der Waals surface area contributed by atoms with Crippen LogP contribution in [0.1, 0.15) is 49.0 Å². The first kappa shape index (κ1) is 16.7. The topological polar surface area (TPSA) is 88.7 Å². The van der Waals surface area contributed by atoms with Crippen LogP contribution in [0.25, 0.3) is 0 Å². The van der Waals surface area contributed by atoms with Crippen molar-refractivity contribution in [2.45, 2.75) is 44.6 Å². The highest BCUT2D eigenvalue weighted by Gasteiger charge is 2.37. The number of ether oxygens (including phenoxy) is 1. The molecule has 0 saturated carbocycles. The SMILES string of the molecule is NC(=O)c1csc(N2CCC(CO)(C[C@@H]3CCCCO3)CC2)n1. The van der Waals surface area contributed by atoms with Crippen molar-refractivity contribution in [3.05, 3.63) is 11.1 Å². The smallest absolute Gasteiger partial charge is 0.268 e. The van der Waals surface area contributed by atoms with Gasteiger partial charge in [-0.2, -0.15) is 0 Å². The minimum Gasteiger partial charge on any atom is -0.396 e. The van der Waals surface area contributed by atoms with E-state index in [4.69, 9.17) is 10.5 Å². The molecule has 3 rings (SSSR count). The molecule has 1 atom stereocenters. The van der Waals surface area contributed by atoms with Crippen LogP contribution in [-0.4, -0.2) is 48.4 Å². The summed E-state index contributed by atoms with van der Waals surface area (Å²) in [7, 11) is 0. The van der Waals surface area contributed by atoms with Gasteiger partial charge >= 0.3 is 0 Å². The Morgan fingerprint density at radius 3 is 2.83 bits per heavy atom. The zero-order valence-electron chi connectivity index (χ0n) is 13.4. The van der Waals surface area contributed by atoms with E-state index in [1.807, 2.05) is 0 Å². The molecule has 1 aromatic heterocycles. The summed E-state index contributed by atoms with van der Waals surface area (Å²) < 4.78 is 5.86. The fourth-order valence-corrected chi connectivity index (χ4v) is 4.44. The summed E-state index contributed by atoms with van der Waals surface area (Å²) in [6.45, 7) is 2.76. The Labute approximate surface area is 140 Å². The highest BCUT2D eigenvalue weighted by molar-refractivity contribution is 7.13. The van der Waals surface area contributed by atoms with Crippen molar-refractivity contribution in [3.63, 3.8) is 0 Å². The van der Waals surface area contributed by atoms with Crippen molar-refractivity contribution in [2.75, 3.05) is 31.2 Å². The van der Waals surface area contributed by atoms with Crippen LogP contribution in [0.15, 0.2) is 5.38 Å². The van der Waals surface area contributed by atoms with Gasteiger partial charge in [0, 0.05) is 31.7 Å².